The summed E-state index contributed by atoms with van der Waals surface area (Å²) in [5, 5.41) is 0. The van der Waals surface area contributed by atoms with E-state index in [2.05, 4.69) is 29.7 Å². The first-order valence-corrected chi connectivity index (χ1v) is 5.93. The largest absolute Gasteiger partial charge is 0.379 e. The van der Waals surface area contributed by atoms with E-state index in [1.54, 1.807) is 0 Å². The van der Waals surface area contributed by atoms with Gasteiger partial charge in [-0.1, -0.05) is 6.07 Å². The van der Waals surface area contributed by atoms with Gasteiger partial charge >= 0.3 is 0 Å². The minimum atomic E-state index is 0.0617. The van der Waals surface area contributed by atoms with Crippen molar-refractivity contribution in [1.82, 2.24) is 9.55 Å². The third-order valence-corrected chi connectivity index (χ3v) is 3.53. The number of aryl methyl sites for hydroxylation is 2. The van der Waals surface area contributed by atoms with Gasteiger partial charge in [0, 0.05) is 13.1 Å². The molecule has 1 aromatic carbocycles. The van der Waals surface area contributed by atoms with Gasteiger partial charge in [-0.25, -0.2) is 4.98 Å². The van der Waals surface area contributed by atoms with Crippen LogP contribution in [0.4, 0.5) is 0 Å². The summed E-state index contributed by atoms with van der Waals surface area (Å²) in [5.41, 5.74) is 9.48. The van der Waals surface area contributed by atoms with Crippen LogP contribution in [0, 0.1) is 6.92 Å². The van der Waals surface area contributed by atoms with Crippen LogP contribution in [-0.2, 0) is 11.8 Å². The van der Waals surface area contributed by atoms with E-state index in [0.29, 0.717) is 13.2 Å². The monoisotopic (exact) mass is 231 g/mol. The van der Waals surface area contributed by atoms with Crippen molar-refractivity contribution in [1.29, 1.82) is 0 Å². The average Bonchev–Trinajstić information content (AvgIpc) is 2.83. The van der Waals surface area contributed by atoms with E-state index in [-0.39, 0.29) is 12.0 Å². The molecule has 1 aliphatic heterocycles. The van der Waals surface area contributed by atoms with Crippen LogP contribution in [0.15, 0.2) is 18.2 Å². The summed E-state index contributed by atoms with van der Waals surface area (Å²) >= 11 is 0. The number of rotatable bonds is 1. The van der Waals surface area contributed by atoms with Crippen LogP contribution < -0.4 is 5.73 Å². The van der Waals surface area contributed by atoms with Crippen molar-refractivity contribution in [2.24, 2.45) is 12.8 Å². The fourth-order valence-electron chi connectivity index (χ4n) is 2.50. The second kappa shape index (κ2) is 3.82. The zero-order valence-electron chi connectivity index (χ0n) is 10.2. The Morgan fingerprint density at radius 1 is 1.41 bits per heavy atom. The van der Waals surface area contributed by atoms with Gasteiger partial charge < -0.3 is 15.0 Å². The van der Waals surface area contributed by atoms with E-state index in [0.717, 1.165) is 16.9 Å². The molecule has 4 heteroatoms. The predicted molar refractivity (Wildman–Crippen MR) is 67.0 cm³/mol. The fourth-order valence-corrected chi connectivity index (χ4v) is 2.50. The van der Waals surface area contributed by atoms with Crippen LogP contribution in [0.2, 0.25) is 0 Å². The predicted octanol–water partition coefficient (Wildman–Crippen LogP) is 1.32. The minimum absolute atomic E-state index is 0.0617. The van der Waals surface area contributed by atoms with Crippen molar-refractivity contribution >= 4 is 11.0 Å². The summed E-state index contributed by atoms with van der Waals surface area (Å²) in [4.78, 5) is 4.71. The maximum atomic E-state index is 6.05. The Morgan fingerprint density at radius 3 is 2.94 bits per heavy atom. The zero-order chi connectivity index (χ0) is 12.0. The van der Waals surface area contributed by atoms with E-state index < -0.39 is 0 Å². The molecule has 0 amide bonds. The van der Waals surface area contributed by atoms with Crippen LogP contribution in [0.3, 0.4) is 0 Å². The lowest BCUT2D eigenvalue weighted by atomic mass is 10.0. The molecule has 90 valence electrons. The number of nitrogens with two attached hydrogens (primary N) is 1. The van der Waals surface area contributed by atoms with Crippen molar-refractivity contribution in [3.63, 3.8) is 0 Å². The molecule has 2 N–H and O–H groups in total. The maximum Gasteiger partial charge on any atom is 0.116 e. The molecule has 3 rings (SSSR count). The second-order valence-electron chi connectivity index (χ2n) is 4.83. The van der Waals surface area contributed by atoms with Crippen LogP contribution >= 0.6 is 0 Å². The summed E-state index contributed by atoms with van der Waals surface area (Å²) < 4.78 is 7.55. The summed E-state index contributed by atoms with van der Waals surface area (Å²) in [6, 6.07) is 6.40. The molecule has 1 saturated heterocycles. The zero-order valence-corrected chi connectivity index (χ0v) is 10.2. The molecule has 0 bridgehead atoms. The van der Waals surface area contributed by atoms with Crippen molar-refractivity contribution in [3.05, 3.63) is 29.6 Å². The average molecular weight is 231 g/mol. The SMILES string of the molecule is Cc1ccc2c(c1)nc(C1COCC1N)n2C. The number of benzene rings is 1. The normalized spacial score (nSPS) is 24.6. The third-order valence-electron chi connectivity index (χ3n) is 3.53. The van der Waals surface area contributed by atoms with Gasteiger partial charge in [0.2, 0.25) is 0 Å². The summed E-state index contributed by atoms with van der Waals surface area (Å²) in [7, 11) is 2.05. The smallest absolute Gasteiger partial charge is 0.116 e. The van der Waals surface area contributed by atoms with Gasteiger partial charge in [-0.15, -0.1) is 0 Å². The van der Waals surface area contributed by atoms with Gasteiger partial charge in [0.15, 0.2) is 0 Å². The van der Waals surface area contributed by atoms with Crippen LogP contribution in [0.25, 0.3) is 11.0 Å². The Bertz CT molecular complexity index is 561. The summed E-state index contributed by atoms with van der Waals surface area (Å²) in [6.45, 7) is 3.39. The van der Waals surface area contributed by atoms with E-state index >= 15 is 0 Å². The fraction of sp³-hybridized carbons (Fsp3) is 0.462. The summed E-state index contributed by atoms with van der Waals surface area (Å²) in [5.74, 6) is 1.25. The Labute approximate surface area is 100 Å². The highest BCUT2D eigenvalue weighted by Crippen LogP contribution is 2.27. The molecule has 2 unspecified atom stereocenters. The first-order chi connectivity index (χ1) is 8.16. The number of hydrogen-bond donors (Lipinski definition) is 1. The topological polar surface area (TPSA) is 53.1 Å². The van der Waals surface area contributed by atoms with Gasteiger partial charge in [0.1, 0.15) is 5.82 Å². The van der Waals surface area contributed by atoms with Crippen molar-refractivity contribution in [2.75, 3.05) is 13.2 Å². The Balaban J connectivity index is 2.14. The van der Waals surface area contributed by atoms with Gasteiger partial charge in [-0.05, 0) is 24.6 Å². The van der Waals surface area contributed by atoms with Crippen LogP contribution in [-0.4, -0.2) is 28.8 Å². The van der Waals surface area contributed by atoms with E-state index in [1.165, 1.54) is 5.56 Å². The molecule has 0 saturated carbocycles. The molecule has 1 fully saturated rings. The first-order valence-electron chi connectivity index (χ1n) is 5.93. The van der Waals surface area contributed by atoms with Gasteiger partial charge in [-0.2, -0.15) is 0 Å². The third kappa shape index (κ3) is 1.64. The van der Waals surface area contributed by atoms with Gasteiger partial charge in [-0.3, -0.25) is 0 Å². The van der Waals surface area contributed by atoms with Crippen molar-refractivity contribution in [2.45, 2.75) is 18.9 Å². The molecule has 2 heterocycles. The Hall–Kier alpha value is -1.39. The molecule has 4 nitrogen and oxygen atoms in total. The molecule has 2 atom stereocenters. The summed E-state index contributed by atoms with van der Waals surface area (Å²) in [6.07, 6.45) is 0. The second-order valence-corrected chi connectivity index (χ2v) is 4.83. The molecule has 0 radical (unpaired) electrons. The standard InChI is InChI=1S/C13H17N3O/c1-8-3-4-12-11(5-8)15-13(16(12)2)9-6-17-7-10(9)14/h3-5,9-10H,6-7,14H2,1-2H3. The maximum absolute atomic E-state index is 6.05. The van der Waals surface area contributed by atoms with Crippen LogP contribution in [0.1, 0.15) is 17.3 Å². The number of hydrogen-bond acceptors (Lipinski definition) is 3. The van der Waals surface area contributed by atoms with Gasteiger partial charge in [0.25, 0.3) is 0 Å². The Morgan fingerprint density at radius 2 is 2.24 bits per heavy atom. The molecule has 2 aromatic rings. The number of ether oxygens (including phenoxy) is 1. The quantitative estimate of drug-likeness (QED) is 0.805. The lowest BCUT2D eigenvalue weighted by Crippen LogP contribution is -2.28. The lowest BCUT2D eigenvalue weighted by Gasteiger charge is -2.12. The van der Waals surface area contributed by atoms with E-state index in [9.17, 15) is 0 Å². The molecule has 1 aliphatic rings. The number of nitrogens with zero attached hydrogens (tertiary/aromatic N) is 2. The number of aromatic nitrogens is 2. The highest BCUT2D eigenvalue weighted by atomic mass is 16.5. The van der Waals surface area contributed by atoms with E-state index in [1.807, 2.05) is 7.05 Å². The van der Waals surface area contributed by atoms with Gasteiger partial charge in [0.05, 0.1) is 30.2 Å². The molecular weight excluding hydrogens is 214 g/mol. The highest BCUT2D eigenvalue weighted by molar-refractivity contribution is 5.76. The minimum Gasteiger partial charge on any atom is -0.379 e. The van der Waals surface area contributed by atoms with Crippen molar-refractivity contribution in [3.8, 4) is 0 Å². The molecular formula is C13H17N3O. The lowest BCUT2D eigenvalue weighted by molar-refractivity contribution is 0.190. The highest BCUT2D eigenvalue weighted by Gasteiger charge is 2.30. The first kappa shape index (κ1) is 10.7. The Kier molecular flexibility index (Phi) is 2.42. The number of imidazole rings is 1. The molecule has 0 aliphatic carbocycles. The number of fused-ring (bicyclic) bond motifs is 1. The molecule has 1 aromatic heterocycles. The van der Waals surface area contributed by atoms with Crippen molar-refractivity contribution < 1.29 is 4.74 Å². The van der Waals surface area contributed by atoms with Crippen LogP contribution in [0.5, 0.6) is 0 Å². The molecule has 17 heavy (non-hydrogen) atoms. The van der Waals surface area contributed by atoms with E-state index in [4.69, 9.17) is 15.5 Å². The molecule has 0 spiro atoms.